The molecule has 22 heavy (non-hydrogen) atoms. The number of amides is 1. The van der Waals surface area contributed by atoms with Crippen molar-refractivity contribution < 1.29 is 14.3 Å². The van der Waals surface area contributed by atoms with E-state index in [0.717, 1.165) is 5.56 Å². The van der Waals surface area contributed by atoms with Crippen LogP contribution in [0.25, 0.3) is 0 Å². The van der Waals surface area contributed by atoms with E-state index >= 15 is 0 Å². The number of hydrogen-bond donors (Lipinski definition) is 2. The molecule has 0 atom stereocenters. The van der Waals surface area contributed by atoms with Crippen LogP contribution >= 0.6 is 11.6 Å². The van der Waals surface area contributed by atoms with Gasteiger partial charge in [-0.3, -0.25) is 9.59 Å². The van der Waals surface area contributed by atoms with E-state index in [-0.39, 0.29) is 18.3 Å². The van der Waals surface area contributed by atoms with Crippen LogP contribution in [0, 0.1) is 0 Å². The first kappa shape index (κ1) is 15.9. The van der Waals surface area contributed by atoms with Crippen LogP contribution in [0.2, 0.25) is 5.02 Å². The molecule has 6 heteroatoms. The maximum Gasteiger partial charge on any atom is 0.309 e. The normalized spacial score (nSPS) is 10.1. The second kappa shape index (κ2) is 6.95. The standard InChI is InChI=1S/C16H15ClN2O3/c1-22-15(20)8-10-2-5-12(6-3-10)19-16(21)11-4-7-13(17)14(18)9-11/h2-7,9H,8,18H2,1H3,(H,19,21). The summed E-state index contributed by atoms with van der Waals surface area (Å²) >= 11 is 5.82. The summed E-state index contributed by atoms with van der Waals surface area (Å²) in [5.74, 6) is -0.600. The summed E-state index contributed by atoms with van der Waals surface area (Å²) in [5, 5.41) is 3.15. The average Bonchev–Trinajstić information content (AvgIpc) is 2.51. The van der Waals surface area contributed by atoms with Crippen molar-refractivity contribution in [3.05, 3.63) is 58.6 Å². The van der Waals surface area contributed by atoms with Crippen molar-refractivity contribution in [1.29, 1.82) is 0 Å². The van der Waals surface area contributed by atoms with Crippen LogP contribution in [-0.4, -0.2) is 19.0 Å². The molecule has 0 aliphatic heterocycles. The molecule has 2 aromatic rings. The highest BCUT2D eigenvalue weighted by atomic mass is 35.5. The number of rotatable bonds is 4. The third-order valence-electron chi connectivity index (χ3n) is 3.05. The lowest BCUT2D eigenvalue weighted by Crippen LogP contribution is -2.12. The van der Waals surface area contributed by atoms with E-state index in [9.17, 15) is 9.59 Å². The van der Waals surface area contributed by atoms with Gasteiger partial charge < -0.3 is 15.8 Å². The Bertz CT molecular complexity index is 699. The van der Waals surface area contributed by atoms with E-state index in [1.807, 2.05) is 0 Å². The molecular weight excluding hydrogens is 304 g/mol. The van der Waals surface area contributed by atoms with Gasteiger partial charge in [0.05, 0.1) is 24.2 Å². The molecule has 2 aromatic carbocycles. The highest BCUT2D eigenvalue weighted by Crippen LogP contribution is 2.20. The van der Waals surface area contributed by atoms with E-state index in [4.69, 9.17) is 17.3 Å². The van der Waals surface area contributed by atoms with E-state index in [0.29, 0.717) is 22.0 Å². The average molecular weight is 319 g/mol. The Morgan fingerprint density at radius 1 is 1.18 bits per heavy atom. The first-order chi connectivity index (χ1) is 10.5. The maximum absolute atomic E-state index is 12.1. The summed E-state index contributed by atoms with van der Waals surface area (Å²) in [4.78, 5) is 23.3. The van der Waals surface area contributed by atoms with Gasteiger partial charge in [0.15, 0.2) is 0 Å². The minimum absolute atomic E-state index is 0.193. The van der Waals surface area contributed by atoms with Gasteiger partial charge >= 0.3 is 5.97 Å². The van der Waals surface area contributed by atoms with Crippen molar-refractivity contribution in [2.24, 2.45) is 0 Å². The van der Waals surface area contributed by atoms with Crippen molar-refractivity contribution in [2.75, 3.05) is 18.2 Å². The molecule has 1 amide bonds. The molecule has 0 spiro atoms. The molecular formula is C16H15ClN2O3. The van der Waals surface area contributed by atoms with Crippen LogP contribution in [0.5, 0.6) is 0 Å². The molecule has 0 saturated carbocycles. The van der Waals surface area contributed by atoms with Gasteiger partial charge in [-0.15, -0.1) is 0 Å². The lowest BCUT2D eigenvalue weighted by molar-refractivity contribution is -0.139. The zero-order valence-electron chi connectivity index (χ0n) is 11.9. The van der Waals surface area contributed by atoms with Gasteiger partial charge in [0.1, 0.15) is 0 Å². The molecule has 0 aromatic heterocycles. The van der Waals surface area contributed by atoms with Crippen LogP contribution in [0.15, 0.2) is 42.5 Å². The molecule has 0 aliphatic rings. The number of carbonyl (C=O) groups is 2. The molecule has 5 nitrogen and oxygen atoms in total. The van der Waals surface area contributed by atoms with Crippen LogP contribution in [0.4, 0.5) is 11.4 Å². The minimum atomic E-state index is -0.312. The van der Waals surface area contributed by atoms with Crippen LogP contribution in [0.1, 0.15) is 15.9 Å². The predicted octanol–water partition coefficient (Wildman–Crippen LogP) is 2.89. The summed E-state index contributed by atoms with van der Waals surface area (Å²) in [6, 6.07) is 11.6. The lowest BCUT2D eigenvalue weighted by atomic mass is 10.1. The summed E-state index contributed by atoms with van der Waals surface area (Å²) in [7, 11) is 1.34. The molecule has 114 valence electrons. The molecule has 0 heterocycles. The van der Waals surface area contributed by atoms with Gasteiger partial charge in [0.2, 0.25) is 0 Å². The Hall–Kier alpha value is -2.53. The first-order valence-corrected chi connectivity index (χ1v) is 6.89. The highest BCUT2D eigenvalue weighted by Gasteiger charge is 2.08. The van der Waals surface area contributed by atoms with Crippen LogP contribution in [-0.2, 0) is 16.0 Å². The number of carbonyl (C=O) groups excluding carboxylic acids is 2. The second-order valence-corrected chi connectivity index (χ2v) is 5.05. The predicted molar refractivity (Wildman–Crippen MR) is 86.0 cm³/mol. The number of esters is 1. The molecule has 0 radical (unpaired) electrons. The number of benzene rings is 2. The van der Waals surface area contributed by atoms with E-state index in [1.165, 1.54) is 13.2 Å². The Balaban J connectivity index is 2.05. The third-order valence-corrected chi connectivity index (χ3v) is 3.39. The number of halogens is 1. The zero-order valence-corrected chi connectivity index (χ0v) is 12.7. The molecule has 0 fully saturated rings. The summed E-state index contributed by atoms with van der Waals surface area (Å²) in [6.07, 6.45) is 0.193. The van der Waals surface area contributed by atoms with Gasteiger partial charge in [0, 0.05) is 11.3 Å². The number of ether oxygens (including phenoxy) is 1. The first-order valence-electron chi connectivity index (χ1n) is 6.51. The largest absolute Gasteiger partial charge is 0.469 e. The van der Waals surface area contributed by atoms with Gasteiger partial charge in [-0.05, 0) is 35.9 Å². The minimum Gasteiger partial charge on any atom is -0.469 e. The van der Waals surface area contributed by atoms with Crippen LogP contribution < -0.4 is 11.1 Å². The van der Waals surface area contributed by atoms with Gasteiger partial charge in [-0.2, -0.15) is 0 Å². The topological polar surface area (TPSA) is 81.4 Å². The quantitative estimate of drug-likeness (QED) is 0.671. The van der Waals surface area contributed by atoms with E-state index in [1.54, 1.807) is 36.4 Å². The zero-order chi connectivity index (χ0) is 16.1. The molecule has 0 saturated heterocycles. The third kappa shape index (κ3) is 3.99. The number of hydrogen-bond acceptors (Lipinski definition) is 4. The lowest BCUT2D eigenvalue weighted by Gasteiger charge is -2.07. The molecule has 0 aliphatic carbocycles. The monoisotopic (exact) mass is 318 g/mol. The van der Waals surface area contributed by atoms with Crippen molar-refractivity contribution >= 4 is 34.9 Å². The second-order valence-electron chi connectivity index (χ2n) is 4.64. The number of nitrogens with two attached hydrogens (primary N) is 1. The molecule has 0 bridgehead atoms. The van der Waals surface area contributed by atoms with Crippen molar-refractivity contribution in [3.8, 4) is 0 Å². The molecule has 2 rings (SSSR count). The highest BCUT2D eigenvalue weighted by molar-refractivity contribution is 6.33. The smallest absolute Gasteiger partial charge is 0.309 e. The fraction of sp³-hybridized carbons (Fsp3) is 0.125. The van der Waals surface area contributed by atoms with E-state index < -0.39 is 0 Å². The fourth-order valence-corrected chi connectivity index (χ4v) is 1.95. The van der Waals surface area contributed by atoms with Crippen molar-refractivity contribution in [1.82, 2.24) is 0 Å². The number of nitrogens with one attached hydrogen (secondary N) is 1. The Morgan fingerprint density at radius 2 is 1.86 bits per heavy atom. The van der Waals surface area contributed by atoms with Gasteiger partial charge in [-0.25, -0.2) is 0 Å². The van der Waals surface area contributed by atoms with E-state index in [2.05, 4.69) is 10.1 Å². The van der Waals surface area contributed by atoms with Crippen molar-refractivity contribution in [3.63, 3.8) is 0 Å². The summed E-state index contributed by atoms with van der Waals surface area (Å²) < 4.78 is 4.60. The SMILES string of the molecule is COC(=O)Cc1ccc(NC(=O)c2ccc(Cl)c(N)c2)cc1. The van der Waals surface area contributed by atoms with Gasteiger partial charge in [-0.1, -0.05) is 23.7 Å². The van der Waals surface area contributed by atoms with Gasteiger partial charge in [0.25, 0.3) is 5.91 Å². The number of methoxy groups -OCH3 is 1. The Morgan fingerprint density at radius 3 is 2.45 bits per heavy atom. The summed E-state index contributed by atoms with van der Waals surface area (Å²) in [5.41, 5.74) is 7.87. The molecule has 3 N–H and O–H groups in total. The maximum atomic E-state index is 12.1. The Kier molecular flexibility index (Phi) is 5.01. The number of nitrogen functional groups attached to an aromatic ring is 1. The fourth-order valence-electron chi connectivity index (χ4n) is 1.83. The Labute approximate surface area is 133 Å². The summed E-state index contributed by atoms with van der Waals surface area (Å²) in [6.45, 7) is 0. The number of anilines is 2. The molecule has 0 unspecified atom stereocenters. The van der Waals surface area contributed by atoms with Crippen molar-refractivity contribution in [2.45, 2.75) is 6.42 Å². The van der Waals surface area contributed by atoms with Crippen LogP contribution in [0.3, 0.4) is 0 Å².